The first kappa shape index (κ1) is 17.8. The van der Waals surface area contributed by atoms with Gasteiger partial charge in [0.15, 0.2) is 0 Å². The summed E-state index contributed by atoms with van der Waals surface area (Å²) in [4.78, 5) is 27.9. The van der Waals surface area contributed by atoms with Gasteiger partial charge in [0.1, 0.15) is 0 Å². The average Bonchev–Trinajstić information content (AvgIpc) is 2.61. The molecule has 0 aromatic heterocycles. The summed E-state index contributed by atoms with van der Waals surface area (Å²) >= 11 is 0. The van der Waals surface area contributed by atoms with Crippen LogP contribution in [-0.4, -0.2) is 42.5 Å². The summed E-state index contributed by atoms with van der Waals surface area (Å²) in [5.74, 6) is 0.00590. The quantitative estimate of drug-likeness (QED) is 0.891. The van der Waals surface area contributed by atoms with Gasteiger partial charge in [-0.15, -0.1) is 0 Å². The Balaban J connectivity index is 1.66. The van der Waals surface area contributed by atoms with Crippen LogP contribution >= 0.6 is 0 Å². The molecular formula is C20H24N4O2. The van der Waals surface area contributed by atoms with E-state index in [1.54, 1.807) is 24.3 Å². The minimum absolute atomic E-state index is 0.00590. The van der Waals surface area contributed by atoms with Crippen LogP contribution < -0.4 is 16.0 Å². The van der Waals surface area contributed by atoms with E-state index in [9.17, 15) is 9.59 Å². The van der Waals surface area contributed by atoms with E-state index in [1.807, 2.05) is 4.90 Å². The second-order valence-electron chi connectivity index (χ2n) is 6.70. The van der Waals surface area contributed by atoms with E-state index >= 15 is 0 Å². The Morgan fingerprint density at radius 1 is 1.12 bits per heavy atom. The number of hydrogen-bond acceptors (Lipinski definition) is 3. The molecule has 1 heterocycles. The molecule has 6 nitrogen and oxygen atoms in total. The van der Waals surface area contributed by atoms with Gasteiger partial charge in [-0.05, 0) is 55.8 Å². The van der Waals surface area contributed by atoms with Crippen LogP contribution in [-0.2, 0) is 0 Å². The minimum Gasteiger partial charge on any atom is -0.365 e. The molecule has 3 amide bonds. The van der Waals surface area contributed by atoms with Gasteiger partial charge in [0.2, 0.25) is 0 Å². The second kappa shape index (κ2) is 7.47. The molecule has 2 aromatic carbocycles. The van der Waals surface area contributed by atoms with Crippen LogP contribution in [0.15, 0.2) is 48.5 Å². The lowest BCUT2D eigenvalue weighted by Crippen LogP contribution is -2.53. The number of nitrogens with one attached hydrogen (secondary N) is 1. The minimum atomic E-state index is -0.620. The maximum atomic E-state index is 12.8. The van der Waals surface area contributed by atoms with E-state index in [2.05, 4.69) is 48.3 Å². The summed E-state index contributed by atoms with van der Waals surface area (Å²) in [5.41, 5.74) is 8.71. The molecule has 0 spiro atoms. The Hall–Kier alpha value is -3.02. The molecule has 1 aliphatic heterocycles. The monoisotopic (exact) mass is 352 g/mol. The van der Waals surface area contributed by atoms with Crippen molar-refractivity contribution in [3.05, 3.63) is 59.7 Å². The molecule has 0 bridgehead atoms. The standard InChI is InChI=1S/C20H24N4O2/c1-14-4-3-5-18(12-14)24-11-10-23(13-15(24)2)19(25)16-6-8-17(9-7-16)22-20(21)26/h3-9,12,15H,10-11,13H2,1-2H3,(H3,21,22,26). The second-order valence-corrected chi connectivity index (χ2v) is 6.70. The predicted octanol–water partition coefficient (Wildman–Crippen LogP) is 2.84. The summed E-state index contributed by atoms with van der Waals surface area (Å²) in [6, 6.07) is 14.9. The molecule has 1 atom stereocenters. The van der Waals surface area contributed by atoms with Crippen molar-refractivity contribution in [1.29, 1.82) is 0 Å². The van der Waals surface area contributed by atoms with Crippen molar-refractivity contribution in [3.63, 3.8) is 0 Å². The average molecular weight is 352 g/mol. The number of carbonyl (C=O) groups excluding carboxylic acids is 2. The van der Waals surface area contributed by atoms with Crippen LogP contribution in [0.1, 0.15) is 22.8 Å². The van der Waals surface area contributed by atoms with Gasteiger partial charge in [-0.2, -0.15) is 0 Å². The Kier molecular flexibility index (Phi) is 5.11. The normalized spacial score (nSPS) is 17.1. The SMILES string of the molecule is Cc1cccc(N2CCN(C(=O)c3ccc(NC(N)=O)cc3)CC2C)c1. The number of nitrogens with two attached hydrogens (primary N) is 1. The lowest BCUT2D eigenvalue weighted by molar-refractivity contribution is 0.0726. The largest absolute Gasteiger partial charge is 0.365 e. The van der Waals surface area contributed by atoms with Gasteiger partial charge in [-0.25, -0.2) is 4.79 Å². The predicted molar refractivity (Wildman–Crippen MR) is 104 cm³/mol. The molecule has 6 heteroatoms. The molecule has 1 aliphatic rings. The third-order valence-electron chi connectivity index (χ3n) is 4.65. The zero-order valence-electron chi connectivity index (χ0n) is 15.1. The van der Waals surface area contributed by atoms with Crippen molar-refractivity contribution in [1.82, 2.24) is 4.90 Å². The maximum Gasteiger partial charge on any atom is 0.316 e. The number of hydrogen-bond donors (Lipinski definition) is 2. The molecule has 136 valence electrons. The molecule has 1 saturated heterocycles. The Bertz CT molecular complexity index is 804. The first-order chi connectivity index (χ1) is 12.4. The number of benzene rings is 2. The van der Waals surface area contributed by atoms with Gasteiger partial charge in [0.25, 0.3) is 5.91 Å². The third-order valence-corrected chi connectivity index (χ3v) is 4.65. The van der Waals surface area contributed by atoms with E-state index in [4.69, 9.17) is 5.73 Å². The molecular weight excluding hydrogens is 328 g/mol. The van der Waals surface area contributed by atoms with Gasteiger partial charge in [0, 0.05) is 42.6 Å². The molecule has 2 aromatic rings. The van der Waals surface area contributed by atoms with E-state index in [0.717, 1.165) is 6.54 Å². The topological polar surface area (TPSA) is 78.7 Å². The number of amides is 3. The number of rotatable bonds is 3. The third kappa shape index (κ3) is 3.96. The van der Waals surface area contributed by atoms with Crippen molar-refractivity contribution < 1.29 is 9.59 Å². The van der Waals surface area contributed by atoms with Gasteiger partial charge in [0.05, 0.1) is 0 Å². The van der Waals surface area contributed by atoms with E-state index < -0.39 is 6.03 Å². The van der Waals surface area contributed by atoms with Crippen LogP contribution in [0.3, 0.4) is 0 Å². The van der Waals surface area contributed by atoms with Gasteiger partial charge in [-0.1, -0.05) is 12.1 Å². The summed E-state index contributed by atoms with van der Waals surface area (Å²) in [6.07, 6.45) is 0. The molecule has 0 radical (unpaired) electrons. The number of aryl methyl sites for hydroxylation is 1. The zero-order valence-corrected chi connectivity index (χ0v) is 15.1. The van der Waals surface area contributed by atoms with Crippen LogP contribution in [0, 0.1) is 6.92 Å². The fourth-order valence-electron chi connectivity index (χ4n) is 3.35. The van der Waals surface area contributed by atoms with E-state index in [0.29, 0.717) is 24.3 Å². The first-order valence-electron chi connectivity index (χ1n) is 8.73. The number of nitrogens with zero attached hydrogens (tertiary/aromatic N) is 2. The highest BCUT2D eigenvalue weighted by molar-refractivity contribution is 5.95. The van der Waals surface area contributed by atoms with Crippen molar-refractivity contribution >= 4 is 23.3 Å². The molecule has 1 unspecified atom stereocenters. The van der Waals surface area contributed by atoms with Crippen molar-refractivity contribution in [2.45, 2.75) is 19.9 Å². The number of piperazine rings is 1. The van der Waals surface area contributed by atoms with Crippen LogP contribution in [0.25, 0.3) is 0 Å². The van der Waals surface area contributed by atoms with Crippen LogP contribution in [0.4, 0.5) is 16.2 Å². The molecule has 3 rings (SSSR count). The Morgan fingerprint density at radius 2 is 1.85 bits per heavy atom. The van der Waals surface area contributed by atoms with Gasteiger partial charge in [-0.3, -0.25) is 4.79 Å². The van der Waals surface area contributed by atoms with Gasteiger partial charge >= 0.3 is 6.03 Å². The zero-order chi connectivity index (χ0) is 18.7. The maximum absolute atomic E-state index is 12.8. The molecule has 3 N–H and O–H groups in total. The molecule has 0 aliphatic carbocycles. The molecule has 1 fully saturated rings. The highest BCUT2D eigenvalue weighted by Gasteiger charge is 2.27. The van der Waals surface area contributed by atoms with Gasteiger partial charge < -0.3 is 20.9 Å². The number of primary amides is 1. The lowest BCUT2D eigenvalue weighted by atomic mass is 10.1. The summed E-state index contributed by atoms with van der Waals surface area (Å²) < 4.78 is 0. The first-order valence-corrected chi connectivity index (χ1v) is 8.73. The number of carbonyl (C=O) groups is 2. The highest BCUT2D eigenvalue weighted by Crippen LogP contribution is 2.22. The van der Waals surface area contributed by atoms with Crippen LogP contribution in [0.2, 0.25) is 0 Å². The summed E-state index contributed by atoms with van der Waals surface area (Å²) in [5, 5.41) is 2.49. The van der Waals surface area contributed by atoms with Crippen molar-refractivity contribution in [3.8, 4) is 0 Å². The van der Waals surface area contributed by atoms with Crippen molar-refractivity contribution in [2.24, 2.45) is 5.73 Å². The molecule has 26 heavy (non-hydrogen) atoms. The van der Waals surface area contributed by atoms with E-state index in [-0.39, 0.29) is 11.9 Å². The number of anilines is 2. The molecule has 0 saturated carbocycles. The summed E-state index contributed by atoms with van der Waals surface area (Å²) in [6.45, 7) is 6.39. The fraction of sp³-hybridized carbons (Fsp3) is 0.300. The fourth-order valence-corrected chi connectivity index (χ4v) is 3.35. The lowest BCUT2D eigenvalue weighted by Gasteiger charge is -2.41. The highest BCUT2D eigenvalue weighted by atomic mass is 16.2. The van der Waals surface area contributed by atoms with Crippen LogP contribution in [0.5, 0.6) is 0 Å². The van der Waals surface area contributed by atoms with Crippen molar-refractivity contribution in [2.75, 3.05) is 29.9 Å². The number of urea groups is 1. The summed E-state index contributed by atoms with van der Waals surface area (Å²) in [7, 11) is 0. The Labute approximate surface area is 153 Å². The smallest absolute Gasteiger partial charge is 0.316 e. The van der Waals surface area contributed by atoms with E-state index in [1.165, 1.54) is 11.3 Å². The Morgan fingerprint density at radius 3 is 2.46 bits per heavy atom.